The lowest BCUT2D eigenvalue weighted by Crippen LogP contribution is -2.23. The van der Waals surface area contributed by atoms with E-state index in [1.54, 1.807) is 0 Å². The van der Waals surface area contributed by atoms with E-state index in [1.807, 2.05) is 6.92 Å². The zero-order valence-electron chi connectivity index (χ0n) is 9.20. The molecule has 0 fully saturated rings. The van der Waals surface area contributed by atoms with Crippen molar-refractivity contribution in [3.05, 3.63) is 0 Å². The van der Waals surface area contributed by atoms with Gasteiger partial charge in [-0.15, -0.1) is 0 Å². The summed E-state index contributed by atoms with van der Waals surface area (Å²) in [6.45, 7) is 4.97. The van der Waals surface area contributed by atoms with Crippen molar-refractivity contribution in [2.75, 3.05) is 6.61 Å². The third-order valence-corrected chi connectivity index (χ3v) is 2.12. The maximum atomic E-state index is 8.40. The Morgan fingerprint density at radius 1 is 1.43 bits per heavy atom. The van der Waals surface area contributed by atoms with Crippen molar-refractivity contribution in [3.63, 3.8) is 0 Å². The van der Waals surface area contributed by atoms with Gasteiger partial charge in [0.15, 0.2) is 0 Å². The van der Waals surface area contributed by atoms with Crippen molar-refractivity contribution in [2.24, 2.45) is 10.9 Å². The van der Waals surface area contributed by atoms with Gasteiger partial charge in [-0.3, -0.25) is 0 Å². The fourth-order valence-electron chi connectivity index (χ4n) is 1.20. The van der Waals surface area contributed by atoms with Crippen LogP contribution in [0.15, 0.2) is 5.16 Å². The van der Waals surface area contributed by atoms with Crippen LogP contribution in [0.1, 0.15) is 46.0 Å². The van der Waals surface area contributed by atoms with E-state index in [-0.39, 0.29) is 11.9 Å². The molecule has 0 aromatic rings. The van der Waals surface area contributed by atoms with Crippen LogP contribution in [0, 0.1) is 0 Å². The highest BCUT2D eigenvalue weighted by atomic mass is 16.5. The van der Waals surface area contributed by atoms with Gasteiger partial charge in [0.05, 0.1) is 6.10 Å². The van der Waals surface area contributed by atoms with Crippen molar-refractivity contribution < 1.29 is 9.94 Å². The minimum absolute atomic E-state index is 0.0859. The Labute approximate surface area is 86.1 Å². The second kappa shape index (κ2) is 8.81. The van der Waals surface area contributed by atoms with Crippen LogP contribution in [-0.4, -0.2) is 23.8 Å². The largest absolute Gasteiger partial charge is 0.409 e. The first kappa shape index (κ1) is 13.2. The van der Waals surface area contributed by atoms with Crippen LogP contribution >= 0.6 is 0 Å². The van der Waals surface area contributed by atoms with E-state index >= 15 is 0 Å². The molecule has 0 aliphatic rings. The molecule has 0 saturated heterocycles. The molecule has 0 amide bonds. The minimum Gasteiger partial charge on any atom is -0.409 e. The van der Waals surface area contributed by atoms with Gasteiger partial charge in [0.1, 0.15) is 5.84 Å². The average molecular weight is 202 g/mol. The monoisotopic (exact) mass is 202 g/mol. The molecule has 3 N–H and O–H groups in total. The summed E-state index contributed by atoms with van der Waals surface area (Å²) in [6, 6.07) is 0. The summed E-state index contributed by atoms with van der Waals surface area (Å²) >= 11 is 0. The molecule has 0 radical (unpaired) electrons. The van der Waals surface area contributed by atoms with Gasteiger partial charge >= 0.3 is 0 Å². The SMILES string of the molecule is CCCCCOC(CC)C/C(N)=N/O. The summed E-state index contributed by atoms with van der Waals surface area (Å²) in [4.78, 5) is 0. The summed E-state index contributed by atoms with van der Waals surface area (Å²) in [5.74, 6) is 0.243. The average Bonchev–Trinajstić information content (AvgIpc) is 2.22. The number of amidine groups is 1. The van der Waals surface area contributed by atoms with E-state index in [4.69, 9.17) is 15.7 Å². The van der Waals surface area contributed by atoms with Gasteiger partial charge in [-0.05, 0) is 12.8 Å². The van der Waals surface area contributed by atoms with E-state index in [0.29, 0.717) is 6.42 Å². The highest BCUT2D eigenvalue weighted by Crippen LogP contribution is 2.05. The van der Waals surface area contributed by atoms with Crippen LogP contribution in [0.25, 0.3) is 0 Å². The number of nitrogens with zero attached hydrogens (tertiary/aromatic N) is 1. The number of oxime groups is 1. The van der Waals surface area contributed by atoms with Crippen LogP contribution in [0.2, 0.25) is 0 Å². The van der Waals surface area contributed by atoms with Gasteiger partial charge in [-0.2, -0.15) is 0 Å². The molecule has 0 heterocycles. The Kier molecular flexibility index (Phi) is 8.33. The van der Waals surface area contributed by atoms with Crippen molar-refractivity contribution in [3.8, 4) is 0 Å². The number of unbranched alkanes of at least 4 members (excludes halogenated alkanes) is 2. The number of ether oxygens (including phenoxy) is 1. The molecule has 0 bridgehead atoms. The molecular formula is C10H22N2O2. The molecule has 0 aliphatic heterocycles. The molecule has 1 atom stereocenters. The number of hydrogen-bond donors (Lipinski definition) is 2. The highest BCUT2D eigenvalue weighted by Gasteiger charge is 2.08. The van der Waals surface area contributed by atoms with Gasteiger partial charge in [0, 0.05) is 13.0 Å². The zero-order valence-corrected chi connectivity index (χ0v) is 9.20. The third-order valence-electron chi connectivity index (χ3n) is 2.12. The molecule has 0 aromatic carbocycles. The van der Waals surface area contributed by atoms with E-state index in [9.17, 15) is 0 Å². The predicted octanol–water partition coefficient (Wildman–Crippen LogP) is 2.11. The first-order chi connectivity index (χ1) is 6.74. The van der Waals surface area contributed by atoms with Crippen molar-refractivity contribution in [1.29, 1.82) is 0 Å². The number of hydrogen-bond acceptors (Lipinski definition) is 3. The maximum absolute atomic E-state index is 8.40. The van der Waals surface area contributed by atoms with Gasteiger partial charge in [0.2, 0.25) is 0 Å². The Bertz CT molecular complexity index is 160. The smallest absolute Gasteiger partial charge is 0.141 e. The van der Waals surface area contributed by atoms with Crippen LogP contribution in [0.3, 0.4) is 0 Å². The summed E-state index contributed by atoms with van der Waals surface area (Å²) in [6.07, 6.45) is 4.97. The Balaban J connectivity index is 3.58. The van der Waals surface area contributed by atoms with Gasteiger partial charge in [0.25, 0.3) is 0 Å². The predicted molar refractivity (Wildman–Crippen MR) is 57.6 cm³/mol. The molecule has 4 heteroatoms. The molecule has 0 spiro atoms. The van der Waals surface area contributed by atoms with E-state index in [0.717, 1.165) is 19.4 Å². The molecule has 0 aliphatic carbocycles. The van der Waals surface area contributed by atoms with Crippen LogP contribution < -0.4 is 5.73 Å². The summed E-state index contributed by atoms with van der Waals surface area (Å²) < 4.78 is 5.59. The van der Waals surface area contributed by atoms with E-state index < -0.39 is 0 Å². The van der Waals surface area contributed by atoms with Gasteiger partial charge < -0.3 is 15.7 Å². The molecular weight excluding hydrogens is 180 g/mol. The topological polar surface area (TPSA) is 67.8 Å². The lowest BCUT2D eigenvalue weighted by molar-refractivity contribution is 0.0525. The Hall–Kier alpha value is -0.770. The minimum atomic E-state index is 0.0859. The van der Waals surface area contributed by atoms with Crippen LogP contribution in [-0.2, 0) is 4.74 Å². The fraction of sp³-hybridized carbons (Fsp3) is 0.900. The fourth-order valence-corrected chi connectivity index (χ4v) is 1.20. The Morgan fingerprint density at radius 3 is 2.64 bits per heavy atom. The van der Waals surface area contributed by atoms with Crippen LogP contribution in [0.5, 0.6) is 0 Å². The maximum Gasteiger partial charge on any atom is 0.141 e. The van der Waals surface area contributed by atoms with E-state index in [1.165, 1.54) is 12.8 Å². The molecule has 4 nitrogen and oxygen atoms in total. The standard InChI is InChI=1S/C10H22N2O2/c1-3-5-6-7-14-9(4-2)8-10(11)12-13/h9,13H,3-8H2,1-2H3,(H2,11,12). The van der Waals surface area contributed by atoms with Crippen molar-refractivity contribution >= 4 is 5.84 Å². The van der Waals surface area contributed by atoms with E-state index in [2.05, 4.69) is 12.1 Å². The normalized spacial score (nSPS) is 14.3. The molecule has 0 saturated carbocycles. The summed E-state index contributed by atoms with van der Waals surface area (Å²) in [7, 11) is 0. The molecule has 0 rings (SSSR count). The third kappa shape index (κ3) is 6.71. The molecule has 0 aromatic heterocycles. The first-order valence-corrected chi connectivity index (χ1v) is 5.32. The van der Waals surface area contributed by atoms with Crippen molar-refractivity contribution in [1.82, 2.24) is 0 Å². The lowest BCUT2D eigenvalue weighted by atomic mass is 10.2. The molecule has 14 heavy (non-hydrogen) atoms. The lowest BCUT2D eigenvalue weighted by Gasteiger charge is -2.14. The van der Waals surface area contributed by atoms with Crippen molar-refractivity contribution in [2.45, 2.75) is 52.1 Å². The first-order valence-electron chi connectivity index (χ1n) is 5.32. The van der Waals surface area contributed by atoms with Gasteiger partial charge in [-0.25, -0.2) is 0 Å². The zero-order chi connectivity index (χ0) is 10.8. The molecule has 1 unspecified atom stereocenters. The quantitative estimate of drug-likeness (QED) is 0.208. The highest BCUT2D eigenvalue weighted by molar-refractivity contribution is 5.80. The Morgan fingerprint density at radius 2 is 2.14 bits per heavy atom. The van der Waals surface area contributed by atoms with Crippen LogP contribution in [0.4, 0.5) is 0 Å². The second-order valence-corrected chi connectivity index (χ2v) is 3.40. The molecule has 84 valence electrons. The summed E-state index contributed by atoms with van der Waals surface area (Å²) in [5.41, 5.74) is 5.40. The number of rotatable bonds is 8. The number of nitrogens with two attached hydrogens (primary N) is 1. The van der Waals surface area contributed by atoms with Gasteiger partial charge in [-0.1, -0.05) is 31.8 Å². The summed E-state index contributed by atoms with van der Waals surface area (Å²) in [5, 5.41) is 11.3. The second-order valence-electron chi connectivity index (χ2n) is 3.40.